The maximum atomic E-state index is 11.3. The van der Waals surface area contributed by atoms with Crippen molar-refractivity contribution in [1.82, 2.24) is 29.5 Å². The number of nitrogens with one attached hydrogen (secondary N) is 1. The molecule has 0 amide bonds. The number of anilines is 3. The Kier molecular flexibility index (Phi) is 7.91. The van der Waals surface area contributed by atoms with E-state index in [9.17, 15) is 4.79 Å². The molecule has 35 heavy (non-hydrogen) atoms. The van der Waals surface area contributed by atoms with Gasteiger partial charge in [0.15, 0.2) is 5.65 Å². The van der Waals surface area contributed by atoms with Gasteiger partial charge in [-0.3, -0.25) is 9.36 Å². The van der Waals surface area contributed by atoms with Crippen molar-refractivity contribution in [3.8, 4) is 11.3 Å². The number of morpholine rings is 1. The molecule has 0 radical (unpaired) electrons. The number of hydrogen-bond acceptors (Lipinski definition) is 11. The Bertz CT molecular complexity index is 1140. The molecule has 0 saturated carbocycles. The second kappa shape index (κ2) is 11.3. The van der Waals surface area contributed by atoms with Crippen LogP contribution in [0, 0.1) is 0 Å². The highest BCUT2D eigenvalue weighted by atomic mass is 16.5. The van der Waals surface area contributed by atoms with Gasteiger partial charge in [0.2, 0.25) is 17.8 Å². The van der Waals surface area contributed by atoms with Gasteiger partial charge < -0.3 is 25.4 Å². The van der Waals surface area contributed by atoms with Crippen molar-refractivity contribution in [2.75, 3.05) is 55.9 Å². The van der Waals surface area contributed by atoms with Crippen molar-refractivity contribution in [3.05, 3.63) is 12.4 Å². The van der Waals surface area contributed by atoms with Crippen LogP contribution in [0.15, 0.2) is 12.4 Å². The minimum atomic E-state index is -0.173. The van der Waals surface area contributed by atoms with E-state index in [-0.39, 0.29) is 18.0 Å². The first kappa shape index (κ1) is 24.6. The van der Waals surface area contributed by atoms with Crippen LogP contribution in [-0.4, -0.2) is 75.4 Å². The fraction of sp³-hybridized carbons (Fsp3) is 0.565. The number of nitrogens with two attached hydrogens (primary N) is 1. The highest BCUT2D eigenvalue weighted by molar-refractivity contribution is 5.90. The molecular weight excluding hydrogens is 450 g/mol. The third kappa shape index (κ3) is 5.76. The summed E-state index contributed by atoms with van der Waals surface area (Å²) in [5.74, 6) is 1.39. The SMILES string of the molecule is COC(=O)CCCCCNc1nc2c(-c3cnc(N)nc3)nc(N3CCOCC3)nc2n1C(C)C. The van der Waals surface area contributed by atoms with Gasteiger partial charge in [-0.2, -0.15) is 4.98 Å². The molecule has 1 aliphatic heterocycles. The first-order chi connectivity index (χ1) is 17.0. The van der Waals surface area contributed by atoms with Gasteiger partial charge in [-0.15, -0.1) is 0 Å². The predicted molar refractivity (Wildman–Crippen MR) is 133 cm³/mol. The zero-order chi connectivity index (χ0) is 24.8. The summed E-state index contributed by atoms with van der Waals surface area (Å²) in [7, 11) is 1.42. The van der Waals surface area contributed by atoms with E-state index >= 15 is 0 Å². The van der Waals surface area contributed by atoms with Gasteiger partial charge in [0, 0.05) is 50.1 Å². The lowest BCUT2D eigenvalue weighted by Gasteiger charge is -2.27. The van der Waals surface area contributed by atoms with Crippen LogP contribution >= 0.6 is 0 Å². The van der Waals surface area contributed by atoms with Crippen molar-refractivity contribution in [3.63, 3.8) is 0 Å². The Morgan fingerprint density at radius 2 is 1.89 bits per heavy atom. The molecule has 0 aromatic carbocycles. The summed E-state index contributed by atoms with van der Waals surface area (Å²) < 4.78 is 12.3. The number of rotatable bonds is 10. The van der Waals surface area contributed by atoms with Gasteiger partial charge in [-0.1, -0.05) is 6.42 Å². The molecule has 4 heterocycles. The quantitative estimate of drug-likeness (QED) is 0.324. The number of esters is 1. The first-order valence-electron chi connectivity index (χ1n) is 12.0. The second-order valence-corrected chi connectivity index (χ2v) is 8.69. The molecule has 3 aromatic rings. The Labute approximate surface area is 204 Å². The van der Waals surface area contributed by atoms with Crippen molar-refractivity contribution in [1.29, 1.82) is 0 Å². The molecule has 1 aliphatic rings. The van der Waals surface area contributed by atoms with Crippen LogP contribution in [0.3, 0.4) is 0 Å². The molecule has 12 nitrogen and oxygen atoms in total. The molecule has 188 valence electrons. The Morgan fingerprint density at radius 1 is 1.14 bits per heavy atom. The fourth-order valence-corrected chi connectivity index (χ4v) is 4.02. The first-order valence-corrected chi connectivity index (χ1v) is 12.0. The van der Waals surface area contributed by atoms with Crippen LogP contribution < -0.4 is 16.0 Å². The minimum absolute atomic E-state index is 0.116. The number of ether oxygens (including phenoxy) is 2. The van der Waals surface area contributed by atoms with E-state index in [0.29, 0.717) is 36.8 Å². The highest BCUT2D eigenvalue weighted by Gasteiger charge is 2.23. The van der Waals surface area contributed by atoms with E-state index in [2.05, 4.69) is 38.6 Å². The number of fused-ring (bicyclic) bond motifs is 1. The third-order valence-corrected chi connectivity index (χ3v) is 5.85. The lowest BCUT2D eigenvalue weighted by Crippen LogP contribution is -2.37. The summed E-state index contributed by atoms with van der Waals surface area (Å²) >= 11 is 0. The smallest absolute Gasteiger partial charge is 0.305 e. The summed E-state index contributed by atoms with van der Waals surface area (Å²) in [6.07, 6.45) is 6.38. The van der Waals surface area contributed by atoms with Gasteiger partial charge >= 0.3 is 5.97 Å². The normalized spacial score (nSPS) is 14.0. The molecule has 4 rings (SSSR count). The fourth-order valence-electron chi connectivity index (χ4n) is 4.02. The standard InChI is InChI=1S/C23H33N9O3/c1-15(2)32-20-19(29-22(32)25-8-6-4-5-7-17(33)34-3)18(16-13-26-21(24)27-14-16)28-23(30-20)31-9-11-35-12-10-31/h13-15H,4-12H2,1-3H3,(H,25,29)(H2,24,26,27). The van der Waals surface area contributed by atoms with E-state index in [1.165, 1.54) is 7.11 Å². The number of unbranched alkanes of at least 4 members (excludes halogenated alkanes) is 2. The Balaban J connectivity index is 1.66. The van der Waals surface area contributed by atoms with Crippen LogP contribution in [0.25, 0.3) is 22.4 Å². The van der Waals surface area contributed by atoms with Crippen LogP contribution in [0.2, 0.25) is 0 Å². The second-order valence-electron chi connectivity index (χ2n) is 8.69. The molecule has 0 bridgehead atoms. The number of aromatic nitrogens is 6. The van der Waals surface area contributed by atoms with Gasteiger partial charge in [0.1, 0.15) is 11.2 Å². The molecule has 0 aliphatic carbocycles. The number of imidazole rings is 1. The number of hydrogen-bond donors (Lipinski definition) is 2. The summed E-state index contributed by atoms with van der Waals surface area (Å²) in [5.41, 5.74) is 8.53. The molecule has 0 spiro atoms. The van der Waals surface area contributed by atoms with Crippen LogP contribution in [0.1, 0.15) is 45.6 Å². The van der Waals surface area contributed by atoms with Crippen LogP contribution in [0.5, 0.6) is 0 Å². The van der Waals surface area contributed by atoms with E-state index in [1.54, 1.807) is 12.4 Å². The Morgan fingerprint density at radius 3 is 2.57 bits per heavy atom. The summed E-state index contributed by atoms with van der Waals surface area (Å²) in [6.45, 7) is 7.63. The number of methoxy groups -OCH3 is 1. The Hall–Kier alpha value is -3.54. The molecule has 3 N–H and O–H groups in total. The summed E-state index contributed by atoms with van der Waals surface area (Å²) in [4.78, 5) is 36.4. The van der Waals surface area contributed by atoms with Crippen molar-refractivity contribution in [2.24, 2.45) is 0 Å². The van der Waals surface area contributed by atoms with E-state index in [1.807, 2.05) is 0 Å². The molecule has 12 heteroatoms. The number of nitrogen functional groups attached to an aromatic ring is 1. The average Bonchev–Trinajstić information content (AvgIpc) is 3.25. The van der Waals surface area contributed by atoms with E-state index in [4.69, 9.17) is 30.2 Å². The number of nitrogens with zero attached hydrogens (tertiary/aromatic N) is 7. The van der Waals surface area contributed by atoms with Gasteiger partial charge in [-0.05, 0) is 26.7 Å². The molecule has 0 atom stereocenters. The predicted octanol–water partition coefficient (Wildman–Crippen LogP) is 2.43. The van der Waals surface area contributed by atoms with Crippen molar-refractivity contribution < 1.29 is 14.3 Å². The number of carbonyl (C=O) groups excluding carboxylic acids is 1. The minimum Gasteiger partial charge on any atom is -0.469 e. The van der Waals surface area contributed by atoms with Gasteiger partial charge in [-0.25, -0.2) is 19.9 Å². The maximum absolute atomic E-state index is 11.3. The molecule has 0 unspecified atom stereocenters. The molecule has 1 saturated heterocycles. The number of carbonyl (C=O) groups is 1. The van der Waals surface area contributed by atoms with E-state index < -0.39 is 0 Å². The van der Waals surface area contributed by atoms with Crippen LogP contribution in [0.4, 0.5) is 17.8 Å². The topological polar surface area (TPSA) is 146 Å². The third-order valence-electron chi connectivity index (χ3n) is 5.85. The molecule has 3 aromatic heterocycles. The van der Waals surface area contributed by atoms with Crippen molar-refractivity contribution in [2.45, 2.75) is 45.6 Å². The largest absolute Gasteiger partial charge is 0.469 e. The molecular formula is C23H33N9O3. The van der Waals surface area contributed by atoms with Gasteiger partial charge in [0.25, 0.3) is 0 Å². The average molecular weight is 484 g/mol. The summed E-state index contributed by atoms with van der Waals surface area (Å²) in [5, 5.41) is 3.46. The lowest BCUT2D eigenvalue weighted by molar-refractivity contribution is -0.140. The van der Waals surface area contributed by atoms with Crippen LogP contribution in [-0.2, 0) is 14.3 Å². The zero-order valence-electron chi connectivity index (χ0n) is 20.5. The maximum Gasteiger partial charge on any atom is 0.305 e. The summed E-state index contributed by atoms with van der Waals surface area (Å²) in [6, 6.07) is 0.116. The monoisotopic (exact) mass is 483 g/mol. The van der Waals surface area contributed by atoms with Gasteiger partial charge in [0.05, 0.1) is 20.3 Å². The molecule has 1 fully saturated rings. The highest BCUT2D eigenvalue weighted by Crippen LogP contribution is 2.32. The zero-order valence-corrected chi connectivity index (χ0v) is 20.5. The van der Waals surface area contributed by atoms with Crippen molar-refractivity contribution >= 4 is 35.0 Å². The lowest BCUT2D eigenvalue weighted by atomic mass is 10.2. The van der Waals surface area contributed by atoms with E-state index in [0.717, 1.165) is 56.1 Å².